The van der Waals surface area contributed by atoms with Crippen molar-refractivity contribution in [2.75, 3.05) is 0 Å². The van der Waals surface area contributed by atoms with Gasteiger partial charge in [0.1, 0.15) is 5.69 Å². The third-order valence-corrected chi connectivity index (χ3v) is 2.87. The highest BCUT2D eigenvalue weighted by molar-refractivity contribution is 6.33. The fourth-order valence-corrected chi connectivity index (χ4v) is 1.67. The van der Waals surface area contributed by atoms with Crippen molar-refractivity contribution in [1.29, 1.82) is 0 Å². The summed E-state index contributed by atoms with van der Waals surface area (Å²) < 4.78 is 1.77. The van der Waals surface area contributed by atoms with Crippen molar-refractivity contribution < 1.29 is 0 Å². The van der Waals surface area contributed by atoms with Crippen molar-refractivity contribution in [3.8, 4) is 11.4 Å². The Hall–Kier alpha value is -1.35. The first kappa shape index (κ1) is 10.2. The third kappa shape index (κ3) is 1.75. The minimum Gasteiger partial charge on any atom is -0.271 e. The van der Waals surface area contributed by atoms with Crippen LogP contribution in [0.3, 0.4) is 0 Å². The molecule has 0 fully saturated rings. The first-order valence-electron chi connectivity index (χ1n) is 4.71. The Morgan fingerprint density at radius 2 is 2.07 bits per heavy atom. The number of halogens is 1. The van der Waals surface area contributed by atoms with Gasteiger partial charge >= 0.3 is 0 Å². The summed E-state index contributed by atoms with van der Waals surface area (Å²) in [6.45, 7) is 3.96. The number of nitrogens with zero attached hydrogens (tertiary/aromatic N) is 3. The normalized spacial score (nSPS) is 10.7. The number of aromatic nitrogens is 3. The second kappa shape index (κ2) is 3.66. The van der Waals surface area contributed by atoms with Crippen LogP contribution in [0, 0.1) is 13.8 Å². The fraction of sp³-hybridized carbons (Fsp3) is 0.273. The van der Waals surface area contributed by atoms with Gasteiger partial charge in [-0.15, -0.1) is 0 Å². The molecule has 0 saturated carbocycles. The molecular weight excluding hydrogens is 210 g/mol. The maximum atomic E-state index is 6.18. The molecule has 0 bridgehead atoms. The van der Waals surface area contributed by atoms with Crippen molar-refractivity contribution in [1.82, 2.24) is 14.8 Å². The van der Waals surface area contributed by atoms with Crippen molar-refractivity contribution in [2.45, 2.75) is 13.8 Å². The van der Waals surface area contributed by atoms with Crippen LogP contribution in [-0.4, -0.2) is 14.8 Å². The molecule has 0 aliphatic carbocycles. The first-order valence-corrected chi connectivity index (χ1v) is 5.09. The molecule has 2 aromatic rings. The standard InChI is InChI=1S/C11H12ClN3/c1-7-4-5-13-9(6-7)11-10(12)8(2)15(3)14-11/h4-6H,1-3H3. The van der Waals surface area contributed by atoms with Gasteiger partial charge in [0, 0.05) is 13.2 Å². The van der Waals surface area contributed by atoms with Crippen molar-refractivity contribution in [2.24, 2.45) is 7.05 Å². The number of rotatable bonds is 1. The quantitative estimate of drug-likeness (QED) is 0.742. The van der Waals surface area contributed by atoms with E-state index < -0.39 is 0 Å². The summed E-state index contributed by atoms with van der Waals surface area (Å²) in [4.78, 5) is 4.26. The molecule has 2 rings (SSSR count). The second-order valence-electron chi connectivity index (χ2n) is 3.59. The molecule has 0 aliphatic heterocycles. The Labute approximate surface area is 93.7 Å². The lowest BCUT2D eigenvalue weighted by molar-refractivity contribution is 0.742. The monoisotopic (exact) mass is 221 g/mol. The van der Waals surface area contributed by atoms with Gasteiger partial charge in [0.25, 0.3) is 0 Å². The molecule has 78 valence electrons. The summed E-state index contributed by atoms with van der Waals surface area (Å²) in [7, 11) is 1.88. The maximum Gasteiger partial charge on any atom is 0.130 e. The average Bonchev–Trinajstić information content (AvgIpc) is 2.46. The van der Waals surface area contributed by atoms with E-state index in [2.05, 4.69) is 10.1 Å². The van der Waals surface area contributed by atoms with E-state index >= 15 is 0 Å². The van der Waals surface area contributed by atoms with Crippen LogP contribution in [0.25, 0.3) is 11.4 Å². The van der Waals surface area contributed by atoms with Crippen LogP contribution >= 0.6 is 11.6 Å². The van der Waals surface area contributed by atoms with E-state index in [1.807, 2.05) is 33.0 Å². The molecule has 2 heterocycles. The van der Waals surface area contributed by atoms with Gasteiger partial charge in [-0.1, -0.05) is 11.6 Å². The summed E-state index contributed by atoms with van der Waals surface area (Å²) in [6.07, 6.45) is 1.77. The van der Waals surface area contributed by atoms with E-state index in [0.29, 0.717) is 5.02 Å². The molecule has 0 aliphatic rings. The zero-order valence-electron chi connectivity index (χ0n) is 8.95. The minimum atomic E-state index is 0.676. The zero-order valence-corrected chi connectivity index (χ0v) is 9.71. The topological polar surface area (TPSA) is 30.7 Å². The van der Waals surface area contributed by atoms with Gasteiger partial charge in [-0.2, -0.15) is 5.10 Å². The van der Waals surface area contributed by atoms with Crippen LogP contribution in [0.4, 0.5) is 0 Å². The average molecular weight is 222 g/mol. The van der Waals surface area contributed by atoms with Gasteiger partial charge in [-0.05, 0) is 31.5 Å². The van der Waals surface area contributed by atoms with E-state index in [-0.39, 0.29) is 0 Å². The lowest BCUT2D eigenvalue weighted by Crippen LogP contribution is -1.92. The lowest BCUT2D eigenvalue weighted by Gasteiger charge is -1.97. The van der Waals surface area contributed by atoms with Crippen LogP contribution < -0.4 is 0 Å². The molecule has 0 N–H and O–H groups in total. The highest BCUT2D eigenvalue weighted by atomic mass is 35.5. The van der Waals surface area contributed by atoms with Gasteiger partial charge in [-0.25, -0.2) is 0 Å². The number of hydrogen-bond donors (Lipinski definition) is 0. The molecule has 0 unspecified atom stereocenters. The van der Waals surface area contributed by atoms with Gasteiger partial charge in [0.15, 0.2) is 0 Å². The molecule has 0 aromatic carbocycles. The molecule has 3 nitrogen and oxygen atoms in total. The maximum absolute atomic E-state index is 6.18. The largest absolute Gasteiger partial charge is 0.271 e. The van der Waals surface area contributed by atoms with Gasteiger partial charge in [0.05, 0.1) is 16.4 Å². The van der Waals surface area contributed by atoms with Crippen LogP contribution in [-0.2, 0) is 7.05 Å². The van der Waals surface area contributed by atoms with Gasteiger partial charge in [-0.3, -0.25) is 9.67 Å². The van der Waals surface area contributed by atoms with Crippen LogP contribution in [0.2, 0.25) is 5.02 Å². The molecular formula is C11H12ClN3. The Kier molecular flexibility index (Phi) is 2.49. The first-order chi connectivity index (χ1) is 7.09. The molecule has 4 heteroatoms. The third-order valence-electron chi connectivity index (χ3n) is 2.42. The minimum absolute atomic E-state index is 0.676. The summed E-state index contributed by atoms with van der Waals surface area (Å²) >= 11 is 6.18. The fourth-order valence-electron chi connectivity index (χ4n) is 1.41. The Balaban J connectivity index is 2.59. The Morgan fingerprint density at radius 1 is 1.33 bits per heavy atom. The second-order valence-corrected chi connectivity index (χ2v) is 3.97. The number of hydrogen-bond acceptors (Lipinski definition) is 2. The summed E-state index contributed by atoms with van der Waals surface area (Å²) in [5, 5.41) is 5.02. The molecule has 0 spiro atoms. The molecule has 15 heavy (non-hydrogen) atoms. The molecule has 0 atom stereocenters. The number of pyridine rings is 1. The van der Waals surface area contributed by atoms with Crippen LogP contribution in [0.1, 0.15) is 11.3 Å². The zero-order chi connectivity index (χ0) is 11.0. The van der Waals surface area contributed by atoms with Crippen LogP contribution in [0.5, 0.6) is 0 Å². The van der Waals surface area contributed by atoms with Gasteiger partial charge in [0.2, 0.25) is 0 Å². The Morgan fingerprint density at radius 3 is 2.60 bits per heavy atom. The summed E-state index contributed by atoms with van der Waals surface area (Å²) in [5.74, 6) is 0. The van der Waals surface area contributed by atoms with E-state index in [4.69, 9.17) is 11.6 Å². The molecule has 0 saturated heterocycles. The smallest absolute Gasteiger partial charge is 0.130 e. The van der Waals surface area contributed by atoms with Gasteiger partial charge < -0.3 is 0 Å². The molecule has 0 amide bonds. The highest BCUT2D eigenvalue weighted by Gasteiger charge is 2.13. The van der Waals surface area contributed by atoms with Crippen molar-refractivity contribution >= 4 is 11.6 Å². The highest BCUT2D eigenvalue weighted by Crippen LogP contribution is 2.27. The van der Waals surface area contributed by atoms with E-state index in [1.165, 1.54) is 0 Å². The SMILES string of the molecule is Cc1ccnc(-c2nn(C)c(C)c2Cl)c1. The molecule has 2 aromatic heterocycles. The number of aryl methyl sites for hydroxylation is 2. The van der Waals surface area contributed by atoms with E-state index in [0.717, 1.165) is 22.6 Å². The van der Waals surface area contributed by atoms with E-state index in [9.17, 15) is 0 Å². The van der Waals surface area contributed by atoms with Crippen LogP contribution in [0.15, 0.2) is 18.3 Å². The summed E-state index contributed by atoms with van der Waals surface area (Å²) in [6, 6.07) is 3.93. The predicted molar refractivity (Wildman–Crippen MR) is 60.9 cm³/mol. The van der Waals surface area contributed by atoms with Crippen molar-refractivity contribution in [3.05, 3.63) is 34.6 Å². The van der Waals surface area contributed by atoms with Crippen molar-refractivity contribution in [3.63, 3.8) is 0 Å². The predicted octanol–water partition coefficient (Wildman–Crippen LogP) is 2.75. The summed E-state index contributed by atoms with van der Waals surface area (Å²) in [5.41, 5.74) is 3.68. The van der Waals surface area contributed by atoms with E-state index in [1.54, 1.807) is 10.9 Å². The lowest BCUT2D eigenvalue weighted by atomic mass is 10.2. The molecule has 0 radical (unpaired) electrons. The Bertz CT molecular complexity index is 503.